The van der Waals surface area contributed by atoms with E-state index < -0.39 is 0 Å². The second-order valence-corrected chi connectivity index (χ2v) is 12.5. The topological polar surface area (TPSA) is 40.2 Å². The molecule has 0 saturated heterocycles. The van der Waals surface area contributed by atoms with E-state index in [4.69, 9.17) is 4.42 Å². The first-order valence-corrected chi connectivity index (χ1v) is 16.7. The third-order valence-electron chi connectivity index (χ3n) is 9.50. The van der Waals surface area contributed by atoms with Crippen molar-refractivity contribution in [1.29, 1.82) is 5.26 Å². The summed E-state index contributed by atoms with van der Waals surface area (Å²) >= 11 is 0. The normalized spacial score (nSPS) is 11.2. The lowest BCUT2D eigenvalue weighted by atomic mass is 9.90. The maximum atomic E-state index is 9.63. The number of rotatable bonds is 6. The highest BCUT2D eigenvalue weighted by Gasteiger charge is 2.22. The fraction of sp³-hybridized carbons (Fsp3) is 0. The van der Waals surface area contributed by atoms with E-state index in [-0.39, 0.29) is 0 Å². The average Bonchev–Trinajstić information content (AvgIpc) is 3.56. The van der Waals surface area contributed by atoms with Gasteiger partial charge in [-0.25, -0.2) is 0 Å². The molecular formula is C47H30N2O. The van der Waals surface area contributed by atoms with Gasteiger partial charge in [0, 0.05) is 27.7 Å². The first-order valence-electron chi connectivity index (χ1n) is 16.7. The Labute approximate surface area is 290 Å². The SMILES string of the molecule is N#Cc1ccc(N(c2ccc3ccccc3c2)c2cccc(-c3ccc(-c4ccccc4)cc3)c2-c2ccc3c(c2)oc2ccccc23)cc1. The molecule has 0 bridgehead atoms. The van der Waals surface area contributed by atoms with Gasteiger partial charge >= 0.3 is 0 Å². The zero-order valence-corrected chi connectivity index (χ0v) is 27.1. The van der Waals surface area contributed by atoms with Crippen LogP contribution in [0.4, 0.5) is 17.1 Å². The Balaban J connectivity index is 1.30. The van der Waals surface area contributed by atoms with Crippen LogP contribution in [0.2, 0.25) is 0 Å². The third kappa shape index (κ3) is 5.17. The standard InChI is InChI=1S/C47H30N2O/c48-31-32-17-25-39(26-18-32)49(40-27-23-34-11-4-5-12-37(34)29-40)44-15-8-14-41(36-21-19-35(20-22-36)33-9-2-1-3-10-33)47(44)38-24-28-43-42-13-6-7-16-45(42)50-46(43)30-38/h1-30H. The number of anilines is 3. The summed E-state index contributed by atoms with van der Waals surface area (Å²) in [5.74, 6) is 0. The smallest absolute Gasteiger partial charge is 0.136 e. The van der Waals surface area contributed by atoms with Gasteiger partial charge < -0.3 is 9.32 Å². The fourth-order valence-electron chi connectivity index (χ4n) is 7.05. The van der Waals surface area contributed by atoms with Crippen molar-refractivity contribution < 1.29 is 4.42 Å². The Kier molecular flexibility index (Phi) is 7.19. The summed E-state index contributed by atoms with van der Waals surface area (Å²) in [5, 5.41) is 14.2. The number of benzene rings is 8. The van der Waals surface area contributed by atoms with Crippen molar-refractivity contribution in [3.63, 3.8) is 0 Å². The van der Waals surface area contributed by atoms with Crippen molar-refractivity contribution in [2.75, 3.05) is 4.90 Å². The van der Waals surface area contributed by atoms with Crippen LogP contribution in [0.1, 0.15) is 5.56 Å². The van der Waals surface area contributed by atoms with Gasteiger partial charge in [-0.2, -0.15) is 5.26 Å². The van der Waals surface area contributed by atoms with Crippen molar-refractivity contribution in [3.05, 3.63) is 188 Å². The minimum Gasteiger partial charge on any atom is -0.456 e. The van der Waals surface area contributed by atoms with E-state index in [1.165, 1.54) is 16.5 Å². The van der Waals surface area contributed by atoms with Crippen molar-refractivity contribution >= 4 is 49.8 Å². The molecule has 0 amide bonds. The van der Waals surface area contributed by atoms with Crippen LogP contribution in [-0.4, -0.2) is 0 Å². The summed E-state index contributed by atoms with van der Waals surface area (Å²) in [6.07, 6.45) is 0. The number of furan rings is 1. The van der Waals surface area contributed by atoms with Crippen molar-refractivity contribution in [2.45, 2.75) is 0 Å². The zero-order valence-electron chi connectivity index (χ0n) is 27.1. The summed E-state index contributed by atoms with van der Waals surface area (Å²) in [6.45, 7) is 0. The minimum atomic E-state index is 0.620. The van der Waals surface area contributed by atoms with Crippen LogP contribution in [-0.2, 0) is 0 Å². The Morgan fingerprint density at radius 1 is 0.440 bits per heavy atom. The molecule has 0 aliphatic carbocycles. The van der Waals surface area contributed by atoms with Gasteiger partial charge in [0.2, 0.25) is 0 Å². The largest absolute Gasteiger partial charge is 0.456 e. The summed E-state index contributed by atoms with van der Waals surface area (Å²) in [6, 6.07) is 65.7. The van der Waals surface area contributed by atoms with Crippen molar-refractivity contribution in [1.82, 2.24) is 0 Å². The second-order valence-electron chi connectivity index (χ2n) is 12.5. The zero-order chi connectivity index (χ0) is 33.4. The summed E-state index contributed by atoms with van der Waals surface area (Å²) in [4.78, 5) is 2.30. The van der Waals surface area contributed by atoms with Gasteiger partial charge in [0.05, 0.1) is 17.3 Å². The quantitative estimate of drug-likeness (QED) is 0.182. The van der Waals surface area contributed by atoms with Crippen LogP contribution in [0.5, 0.6) is 0 Å². The van der Waals surface area contributed by atoms with Crippen molar-refractivity contribution in [2.24, 2.45) is 0 Å². The fourth-order valence-corrected chi connectivity index (χ4v) is 7.05. The van der Waals surface area contributed by atoms with Crippen LogP contribution in [0.3, 0.4) is 0 Å². The molecule has 0 atom stereocenters. The van der Waals surface area contributed by atoms with Gasteiger partial charge in [-0.05, 0) is 99.3 Å². The van der Waals surface area contributed by atoms with Gasteiger partial charge in [0.1, 0.15) is 11.2 Å². The highest BCUT2D eigenvalue weighted by Crippen LogP contribution is 2.47. The highest BCUT2D eigenvalue weighted by atomic mass is 16.3. The summed E-state index contributed by atoms with van der Waals surface area (Å²) < 4.78 is 6.42. The van der Waals surface area contributed by atoms with E-state index >= 15 is 0 Å². The van der Waals surface area contributed by atoms with E-state index in [0.29, 0.717) is 5.56 Å². The van der Waals surface area contributed by atoms with Gasteiger partial charge in [-0.1, -0.05) is 121 Å². The molecule has 0 radical (unpaired) electrons. The highest BCUT2D eigenvalue weighted by molar-refractivity contribution is 6.07. The predicted molar refractivity (Wildman–Crippen MR) is 207 cm³/mol. The Hall–Kier alpha value is -6.89. The maximum absolute atomic E-state index is 9.63. The lowest BCUT2D eigenvalue weighted by Crippen LogP contribution is -2.12. The molecule has 3 nitrogen and oxygen atoms in total. The molecule has 3 heteroatoms. The first kappa shape index (κ1) is 29.3. The van der Waals surface area contributed by atoms with E-state index in [2.05, 4.69) is 150 Å². The number of hydrogen-bond donors (Lipinski definition) is 0. The van der Waals surface area contributed by atoms with Crippen molar-refractivity contribution in [3.8, 4) is 39.4 Å². The molecule has 1 heterocycles. The number of fused-ring (bicyclic) bond motifs is 4. The number of nitriles is 1. The third-order valence-corrected chi connectivity index (χ3v) is 9.50. The predicted octanol–water partition coefficient (Wildman–Crippen LogP) is 13.1. The first-order chi connectivity index (χ1) is 24.7. The average molecular weight is 639 g/mol. The van der Waals surface area contributed by atoms with Crippen LogP contribution < -0.4 is 4.90 Å². The second kappa shape index (κ2) is 12.3. The van der Waals surface area contributed by atoms with Crippen LogP contribution in [0.15, 0.2) is 186 Å². The van der Waals surface area contributed by atoms with Gasteiger partial charge in [-0.3, -0.25) is 0 Å². The molecule has 0 unspecified atom stereocenters. The molecule has 0 N–H and O–H groups in total. The molecule has 234 valence electrons. The summed E-state index contributed by atoms with van der Waals surface area (Å²) in [5.41, 5.74) is 12.1. The molecule has 0 spiro atoms. The molecule has 0 aliphatic rings. The molecule has 50 heavy (non-hydrogen) atoms. The van der Waals surface area contributed by atoms with E-state index in [1.807, 2.05) is 42.5 Å². The van der Waals surface area contributed by atoms with Gasteiger partial charge in [0.25, 0.3) is 0 Å². The molecule has 9 aromatic rings. The molecule has 9 rings (SSSR count). The van der Waals surface area contributed by atoms with Gasteiger partial charge in [0.15, 0.2) is 0 Å². The lowest BCUT2D eigenvalue weighted by Gasteiger charge is -2.29. The number of nitrogens with zero attached hydrogens (tertiary/aromatic N) is 2. The summed E-state index contributed by atoms with van der Waals surface area (Å²) in [7, 11) is 0. The molecule has 0 saturated carbocycles. The lowest BCUT2D eigenvalue weighted by molar-refractivity contribution is 0.669. The molecule has 8 aromatic carbocycles. The van der Waals surface area contributed by atoms with E-state index in [1.54, 1.807) is 0 Å². The Bertz CT molecular complexity index is 2700. The molecule has 1 aromatic heterocycles. The van der Waals surface area contributed by atoms with E-state index in [0.717, 1.165) is 66.6 Å². The van der Waals surface area contributed by atoms with E-state index in [9.17, 15) is 5.26 Å². The Morgan fingerprint density at radius 2 is 1.10 bits per heavy atom. The Morgan fingerprint density at radius 3 is 1.92 bits per heavy atom. The molecular weight excluding hydrogens is 609 g/mol. The van der Waals surface area contributed by atoms with Crippen LogP contribution in [0.25, 0.3) is 66.1 Å². The number of para-hydroxylation sites is 1. The van der Waals surface area contributed by atoms with Gasteiger partial charge in [-0.15, -0.1) is 0 Å². The maximum Gasteiger partial charge on any atom is 0.136 e. The molecule has 0 fully saturated rings. The van der Waals surface area contributed by atoms with Crippen LogP contribution >= 0.6 is 0 Å². The monoisotopic (exact) mass is 638 g/mol. The molecule has 0 aliphatic heterocycles. The number of hydrogen-bond acceptors (Lipinski definition) is 3. The van der Waals surface area contributed by atoms with Crippen LogP contribution in [0, 0.1) is 11.3 Å². The minimum absolute atomic E-state index is 0.620.